The molecule has 2 aromatic rings. The van der Waals surface area contributed by atoms with Crippen LogP contribution in [0.25, 0.3) is 0 Å². The fourth-order valence-electron chi connectivity index (χ4n) is 6.71. The van der Waals surface area contributed by atoms with Gasteiger partial charge >= 0.3 is 0 Å². The van der Waals surface area contributed by atoms with Crippen LogP contribution < -0.4 is 14.7 Å². The molecule has 6 nitrogen and oxygen atoms in total. The van der Waals surface area contributed by atoms with Gasteiger partial charge < -0.3 is 9.80 Å². The van der Waals surface area contributed by atoms with Gasteiger partial charge in [0, 0.05) is 19.0 Å². The van der Waals surface area contributed by atoms with E-state index in [1.54, 1.807) is 24.1 Å². The number of nitrogens with zero attached hydrogens (tertiary/aromatic N) is 2. The van der Waals surface area contributed by atoms with Crippen LogP contribution in [0.4, 0.5) is 11.4 Å². The molecule has 0 bridgehead atoms. The van der Waals surface area contributed by atoms with Gasteiger partial charge in [-0.1, -0.05) is 36.4 Å². The van der Waals surface area contributed by atoms with E-state index in [1.807, 2.05) is 42.5 Å². The number of rotatable bonds is 1. The Bertz CT molecular complexity index is 1080. The molecule has 2 aromatic carbocycles. The lowest BCUT2D eigenvalue weighted by molar-refractivity contribution is -0.965. The fraction of sp³-hybridized carbons (Fsp3) is 0.375. The van der Waals surface area contributed by atoms with Crippen molar-refractivity contribution in [1.29, 1.82) is 0 Å². The van der Waals surface area contributed by atoms with Crippen LogP contribution in [0.3, 0.4) is 0 Å². The van der Waals surface area contributed by atoms with Crippen molar-refractivity contribution in [2.75, 3.05) is 23.4 Å². The maximum absolute atomic E-state index is 13.9. The summed E-state index contributed by atoms with van der Waals surface area (Å²) in [5, 5.41) is 0. The Hall–Kier alpha value is -2.99. The first-order valence-electron chi connectivity index (χ1n) is 10.7. The van der Waals surface area contributed by atoms with Crippen molar-refractivity contribution in [3.8, 4) is 0 Å². The first-order chi connectivity index (χ1) is 14.6. The number of amides is 3. The van der Waals surface area contributed by atoms with Crippen LogP contribution >= 0.6 is 0 Å². The third-order valence-electron chi connectivity index (χ3n) is 7.76. The Morgan fingerprint density at radius 3 is 2.47 bits per heavy atom. The van der Waals surface area contributed by atoms with E-state index in [4.69, 9.17) is 0 Å². The third kappa shape index (κ3) is 1.90. The summed E-state index contributed by atoms with van der Waals surface area (Å²) in [5.74, 6) is -1.51. The molecule has 0 radical (unpaired) electrons. The molecule has 4 aliphatic heterocycles. The number of hydrogen-bond donors (Lipinski definition) is 1. The number of hydrogen-bond acceptors (Lipinski definition) is 3. The van der Waals surface area contributed by atoms with Crippen molar-refractivity contribution in [2.45, 2.75) is 30.8 Å². The molecule has 4 aliphatic rings. The van der Waals surface area contributed by atoms with E-state index < -0.39 is 17.4 Å². The van der Waals surface area contributed by atoms with E-state index in [2.05, 4.69) is 0 Å². The highest BCUT2D eigenvalue weighted by molar-refractivity contribution is 6.25. The van der Waals surface area contributed by atoms with Gasteiger partial charge in [0.2, 0.25) is 17.4 Å². The molecule has 0 aliphatic carbocycles. The predicted molar refractivity (Wildman–Crippen MR) is 111 cm³/mol. The monoisotopic (exact) mass is 402 g/mol. The van der Waals surface area contributed by atoms with Crippen LogP contribution in [0.2, 0.25) is 0 Å². The average molecular weight is 402 g/mol. The first-order valence-corrected chi connectivity index (χ1v) is 10.7. The van der Waals surface area contributed by atoms with Crippen LogP contribution in [0.1, 0.15) is 24.8 Å². The number of carbonyl (C=O) groups excluding carboxylic acids is 3. The van der Waals surface area contributed by atoms with Gasteiger partial charge in [-0.3, -0.25) is 14.4 Å². The highest BCUT2D eigenvalue weighted by Gasteiger charge is 2.78. The Morgan fingerprint density at radius 2 is 1.67 bits per heavy atom. The molecule has 1 unspecified atom stereocenters. The zero-order chi connectivity index (χ0) is 20.6. The zero-order valence-electron chi connectivity index (χ0n) is 16.9. The molecule has 3 amide bonds. The summed E-state index contributed by atoms with van der Waals surface area (Å²) in [6, 6.07) is 16.9. The minimum Gasteiger partial charge on any atom is -0.315 e. The summed E-state index contributed by atoms with van der Waals surface area (Å²) < 4.78 is 0. The molecule has 6 rings (SSSR count). The molecule has 4 heterocycles. The van der Waals surface area contributed by atoms with Crippen molar-refractivity contribution in [2.24, 2.45) is 11.8 Å². The summed E-state index contributed by atoms with van der Waals surface area (Å²) >= 11 is 0. The molecule has 3 fully saturated rings. The number of likely N-dealkylation sites (N-methyl/N-ethyl adjacent to an activating group) is 1. The van der Waals surface area contributed by atoms with Gasteiger partial charge in [0.1, 0.15) is 17.9 Å². The van der Waals surface area contributed by atoms with Gasteiger partial charge in [-0.2, -0.15) is 0 Å². The highest BCUT2D eigenvalue weighted by atomic mass is 16.2. The molecule has 1 N–H and O–H groups in total. The van der Waals surface area contributed by atoms with E-state index in [0.29, 0.717) is 5.69 Å². The summed E-state index contributed by atoms with van der Waals surface area (Å²) in [4.78, 5) is 45.6. The second-order valence-corrected chi connectivity index (χ2v) is 8.92. The largest absolute Gasteiger partial charge is 0.315 e. The SMILES string of the molecule is CN1C(=O)[C@]2(c3ccccc31)[C@H]1C(=O)N(c3ccccc3)C(=O)[C@@H]1[C@H]1CCCC[NH+]12. The van der Waals surface area contributed by atoms with Gasteiger partial charge in [-0.25, -0.2) is 4.90 Å². The number of carbonyl (C=O) groups is 3. The molecule has 152 valence electrons. The van der Waals surface area contributed by atoms with Crippen molar-refractivity contribution >= 4 is 29.1 Å². The Kier molecular flexibility index (Phi) is 3.58. The van der Waals surface area contributed by atoms with E-state index in [1.165, 1.54) is 4.90 Å². The summed E-state index contributed by atoms with van der Waals surface area (Å²) in [5.41, 5.74) is 1.36. The third-order valence-corrected chi connectivity index (χ3v) is 7.76. The first kappa shape index (κ1) is 17.8. The van der Waals surface area contributed by atoms with Crippen LogP contribution in [-0.2, 0) is 19.9 Å². The van der Waals surface area contributed by atoms with Crippen LogP contribution in [0.5, 0.6) is 0 Å². The Labute approximate surface area is 175 Å². The number of anilines is 2. The lowest BCUT2D eigenvalue weighted by atomic mass is 9.76. The fourth-order valence-corrected chi connectivity index (χ4v) is 6.71. The average Bonchev–Trinajstić information content (AvgIpc) is 3.32. The van der Waals surface area contributed by atoms with Crippen LogP contribution in [0, 0.1) is 11.8 Å². The number of nitrogens with one attached hydrogen (secondary N) is 1. The summed E-state index contributed by atoms with van der Waals surface area (Å²) in [6.07, 6.45) is 2.92. The zero-order valence-corrected chi connectivity index (χ0v) is 16.9. The molecular formula is C24H24N3O3+. The van der Waals surface area contributed by atoms with E-state index >= 15 is 0 Å². The number of piperidine rings is 1. The number of benzene rings is 2. The topological polar surface area (TPSA) is 62.1 Å². The van der Waals surface area contributed by atoms with Crippen molar-refractivity contribution in [3.05, 3.63) is 60.2 Å². The molecule has 30 heavy (non-hydrogen) atoms. The van der Waals surface area contributed by atoms with E-state index in [0.717, 1.165) is 42.0 Å². The highest BCUT2D eigenvalue weighted by Crippen LogP contribution is 2.53. The van der Waals surface area contributed by atoms with Crippen molar-refractivity contribution < 1.29 is 19.3 Å². The van der Waals surface area contributed by atoms with Gasteiger partial charge in [0.05, 0.1) is 17.9 Å². The number of fused-ring (bicyclic) bond motifs is 7. The van der Waals surface area contributed by atoms with E-state index in [9.17, 15) is 14.4 Å². The summed E-state index contributed by atoms with van der Waals surface area (Å²) in [7, 11) is 1.79. The lowest BCUT2D eigenvalue weighted by Crippen LogP contribution is -3.22. The Morgan fingerprint density at radius 1 is 0.933 bits per heavy atom. The molecule has 5 atom stereocenters. The second kappa shape index (κ2) is 6.01. The lowest BCUT2D eigenvalue weighted by Gasteiger charge is -2.39. The maximum Gasteiger partial charge on any atom is 0.294 e. The normalized spacial score (nSPS) is 34.5. The quantitative estimate of drug-likeness (QED) is 0.727. The molecule has 3 saturated heterocycles. The number of para-hydroxylation sites is 2. The molecule has 6 heteroatoms. The standard InChI is InChI=1S/C24H23N3O3/c1-25-17-12-6-5-11-16(17)24(23(25)30)20-19(18-13-7-8-14-26(18)24)21(28)27(22(20)29)15-9-3-2-4-10-15/h2-6,9-12,18-20H,7-8,13-14H2,1H3/p+1/t18-,19-,20-,24+/m1/s1. The van der Waals surface area contributed by atoms with Gasteiger partial charge in [-0.05, 0) is 31.0 Å². The minimum atomic E-state index is -1.00. The van der Waals surface area contributed by atoms with Crippen molar-refractivity contribution in [1.82, 2.24) is 0 Å². The number of quaternary nitrogens is 1. The molecule has 0 aromatic heterocycles. The summed E-state index contributed by atoms with van der Waals surface area (Å²) in [6.45, 7) is 0.817. The smallest absolute Gasteiger partial charge is 0.294 e. The minimum absolute atomic E-state index is 0.00239. The van der Waals surface area contributed by atoms with Crippen molar-refractivity contribution in [3.63, 3.8) is 0 Å². The molecular weight excluding hydrogens is 378 g/mol. The van der Waals surface area contributed by atoms with Gasteiger partial charge in [-0.15, -0.1) is 0 Å². The van der Waals surface area contributed by atoms with Gasteiger partial charge in [0.25, 0.3) is 5.91 Å². The number of imide groups is 1. The Balaban J connectivity index is 1.59. The van der Waals surface area contributed by atoms with Gasteiger partial charge in [0.15, 0.2) is 0 Å². The second-order valence-electron chi connectivity index (χ2n) is 8.92. The molecule has 1 spiro atoms. The van der Waals surface area contributed by atoms with Crippen LogP contribution in [0.15, 0.2) is 54.6 Å². The maximum atomic E-state index is 13.9. The predicted octanol–water partition coefficient (Wildman–Crippen LogP) is 1.12. The molecule has 0 saturated carbocycles. The van der Waals surface area contributed by atoms with E-state index in [-0.39, 0.29) is 23.8 Å². The van der Waals surface area contributed by atoms with Crippen LogP contribution in [-0.4, -0.2) is 37.4 Å².